The van der Waals surface area contributed by atoms with Crippen LogP contribution in [0.1, 0.15) is 28.9 Å². The predicted molar refractivity (Wildman–Crippen MR) is 122 cm³/mol. The van der Waals surface area contributed by atoms with E-state index in [-0.39, 0.29) is 35.9 Å². The predicted octanol–water partition coefficient (Wildman–Crippen LogP) is 1.17. The summed E-state index contributed by atoms with van der Waals surface area (Å²) in [6.07, 6.45) is 4.12. The summed E-state index contributed by atoms with van der Waals surface area (Å²) in [5, 5.41) is 25.0. The number of hydrogen-bond acceptors (Lipinski definition) is 9. The summed E-state index contributed by atoms with van der Waals surface area (Å²) in [7, 11) is -3.60. The number of para-hydroxylation sites is 1. The van der Waals surface area contributed by atoms with Crippen LogP contribution in [-0.2, 0) is 16.6 Å². The Morgan fingerprint density at radius 3 is 2.79 bits per heavy atom. The van der Waals surface area contributed by atoms with Gasteiger partial charge in [-0.3, -0.25) is 14.1 Å². The summed E-state index contributed by atoms with van der Waals surface area (Å²) >= 11 is 0. The molecule has 0 bridgehead atoms. The van der Waals surface area contributed by atoms with Crippen molar-refractivity contribution >= 4 is 32.7 Å². The maximum Gasteiger partial charge on any atom is 0.274 e. The first-order valence-corrected chi connectivity index (χ1v) is 12.1. The number of tetrazole rings is 1. The van der Waals surface area contributed by atoms with Gasteiger partial charge in [-0.25, -0.2) is 18.1 Å². The normalized spacial score (nSPS) is 15.4. The number of carbonyl (C=O) groups is 1. The van der Waals surface area contributed by atoms with Gasteiger partial charge in [0.05, 0.1) is 11.4 Å². The maximum atomic E-state index is 13.1. The molecule has 1 aliphatic heterocycles. The Bertz CT molecular complexity index is 1470. The third-order valence-electron chi connectivity index (χ3n) is 5.54. The van der Waals surface area contributed by atoms with Gasteiger partial charge in [-0.05, 0) is 47.0 Å². The minimum Gasteiger partial charge on any atom is -0.504 e. The summed E-state index contributed by atoms with van der Waals surface area (Å²) in [6, 6.07) is 10.5. The molecule has 4 aromatic rings. The van der Waals surface area contributed by atoms with Crippen molar-refractivity contribution < 1.29 is 18.3 Å². The number of amides is 1. The zero-order valence-electron chi connectivity index (χ0n) is 17.9. The Morgan fingerprint density at radius 2 is 2.00 bits per heavy atom. The Labute approximate surface area is 194 Å². The minimum absolute atomic E-state index is 0.00717. The number of pyridine rings is 2. The van der Waals surface area contributed by atoms with Crippen LogP contribution in [0.4, 0.5) is 5.82 Å². The van der Waals surface area contributed by atoms with Gasteiger partial charge in [0, 0.05) is 24.7 Å². The number of carbonyl (C=O) groups excluding carboxylic acids is 1. The van der Waals surface area contributed by atoms with E-state index < -0.39 is 21.7 Å². The van der Waals surface area contributed by atoms with Gasteiger partial charge in [0.1, 0.15) is 11.8 Å². The SMILES string of the molecule is O=C(NCc1ccccc1-n1cnnn1)c1nc(N2CCCCS2(=O)=O)c2cccnc2c1O. The highest BCUT2D eigenvalue weighted by Gasteiger charge is 2.31. The second-order valence-corrected chi connectivity index (χ2v) is 9.71. The molecule has 1 aromatic carbocycles. The molecule has 1 saturated heterocycles. The van der Waals surface area contributed by atoms with Crippen molar-refractivity contribution in [3.8, 4) is 11.4 Å². The Hall–Kier alpha value is -4.13. The van der Waals surface area contributed by atoms with Gasteiger partial charge in [-0.1, -0.05) is 18.2 Å². The van der Waals surface area contributed by atoms with Crippen molar-refractivity contribution in [2.75, 3.05) is 16.6 Å². The third-order valence-corrected chi connectivity index (χ3v) is 7.37. The summed E-state index contributed by atoms with van der Waals surface area (Å²) in [5.74, 6) is -1.01. The standard InChI is InChI=1S/C21H20N8O4S/c30-19-17-15(7-5-9-22-17)20(29-10-3-4-11-34(29,32)33)25-18(19)21(31)23-12-14-6-1-2-8-16(14)28-13-24-26-27-28/h1-2,5-9,13,30H,3-4,10-12H2,(H,23,31). The van der Waals surface area contributed by atoms with E-state index in [1.54, 1.807) is 24.3 Å². The van der Waals surface area contributed by atoms with Gasteiger partial charge in [-0.15, -0.1) is 5.10 Å². The molecule has 0 saturated carbocycles. The van der Waals surface area contributed by atoms with E-state index in [0.717, 1.165) is 5.56 Å². The molecular formula is C21H20N8O4S. The lowest BCUT2D eigenvalue weighted by Gasteiger charge is -2.28. The minimum atomic E-state index is -3.60. The zero-order valence-corrected chi connectivity index (χ0v) is 18.7. The van der Waals surface area contributed by atoms with E-state index >= 15 is 0 Å². The first-order valence-electron chi connectivity index (χ1n) is 10.5. The highest BCUT2D eigenvalue weighted by atomic mass is 32.2. The van der Waals surface area contributed by atoms with Crippen molar-refractivity contribution in [3.63, 3.8) is 0 Å². The average molecular weight is 481 g/mol. The number of hydrogen-bond donors (Lipinski definition) is 2. The number of anilines is 1. The number of sulfonamides is 1. The zero-order chi connectivity index (χ0) is 23.7. The van der Waals surface area contributed by atoms with Crippen LogP contribution in [0.3, 0.4) is 0 Å². The first-order chi connectivity index (χ1) is 16.5. The van der Waals surface area contributed by atoms with E-state index in [1.165, 1.54) is 21.5 Å². The van der Waals surface area contributed by atoms with Crippen LogP contribution in [0, 0.1) is 0 Å². The van der Waals surface area contributed by atoms with E-state index in [2.05, 4.69) is 30.8 Å². The molecule has 4 heterocycles. The molecule has 13 heteroatoms. The largest absolute Gasteiger partial charge is 0.504 e. The number of aromatic nitrogens is 6. The summed E-state index contributed by atoms with van der Waals surface area (Å²) in [4.78, 5) is 21.6. The fourth-order valence-electron chi connectivity index (χ4n) is 3.90. The van der Waals surface area contributed by atoms with Crippen LogP contribution < -0.4 is 9.62 Å². The lowest BCUT2D eigenvalue weighted by molar-refractivity contribution is 0.0943. The molecule has 0 unspecified atom stereocenters. The van der Waals surface area contributed by atoms with Gasteiger partial charge in [0.25, 0.3) is 5.91 Å². The first kappa shape index (κ1) is 21.7. The molecule has 0 spiro atoms. The van der Waals surface area contributed by atoms with Gasteiger partial charge < -0.3 is 10.4 Å². The van der Waals surface area contributed by atoms with Gasteiger partial charge in [0.2, 0.25) is 10.0 Å². The van der Waals surface area contributed by atoms with E-state index in [4.69, 9.17) is 0 Å². The van der Waals surface area contributed by atoms with Gasteiger partial charge >= 0.3 is 0 Å². The number of nitrogens with one attached hydrogen (secondary N) is 1. The molecule has 1 fully saturated rings. The number of fused-ring (bicyclic) bond motifs is 1. The topological polar surface area (TPSA) is 156 Å². The molecule has 1 aliphatic rings. The van der Waals surface area contributed by atoms with Crippen LogP contribution in [0.15, 0.2) is 48.9 Å². The van der Waals surface area contributed by atoms with Crippen molar-refractivity contribution in [2.24, 2.45) is 0 Å². The van der Waals surface area contributed by atoms with E-state index in [9.17, 15) is 18.3 Å². The molecular weight excluding hydrogens is 460 g/mol. The molecule has 0 radical (unpaired) electrons. The molecule has 1 amide bonds. The highest BCUT2D eigenvalue weighted by Crippen LogP contribution is 2.35. The van der Waals surface area contributed by atoms with Crippen LogP contribution in [0.25, 0.3) is 16.6 Å². The smallest absolute Gasteiger partial charge is 0.274 e. The summed E-state index contributed by atoms with van der Waals surface area (Å²) < 4.78 is 28.1. The molecule has 34 heavy (non-hydrogen) atoms. The third kappa shape index (κ3) is 3.90. The lowest BCUT2D eigenvalue weighted by Crippen LogP contribution is -2.39. The van der Waals surface area contributed by atoms with Crippen molar-refractivity contribution in [1.29, 1.82) is 0 Å². The van der Waals surface area contributed by atoms with Crippen LogP contribution >= 0.6 is 0 Å². The number of aromatic hydroxyl groups is 1. The van der Waals surface area contributed by atoms with Gasteiger partial charge in [-0.2, -0.15) is 0 Å². The van der Waals surface area contributed by atoms with Gasteiger partial charge in [0.15, 0.2) is 17.3 Å². The molecule has 0 atom stereocenters. The van der Waals surface area contributed by atoms with Crippen molar-refractivity contribution in [1.82, 2.24) is 35.5 Å². The van der Waals surface area contributed by atoms with Crippen LogP contribution in [-0.4, -0.2) is 61.9 Å². The summed E-state index contributed by atoms with van der Waals surface area (Å²) in [6.45, 7) is 0.331. The Kier molecular flexibility index (Phi) is 5.53. The van der Waals surface area contributed by atoms with E-state index in [1.807, 2.05) is 12.1 Å². The average Bonchev–Trinajstić information content (AvgIpc) is 3.38. The number of benzene rings is 1. The quantitative estimate of drug-likeness (QED) is 0.428. The molecule has 5 rings (SSSR count). The molecule has 0 aliphatic carbocycles. The van der Waals surface area contributed by atoms with Crippen molar-refractivity contribution in [3.05, 3.63) is 60.2 Å². The Morgan fingerprint density at radius 1 is 1.15 bits per heavy atom. The molecule has 174 valence electrons. The number of nitrogens with zero attached hydrogens (tertiary/aromatic N) is 7. The fourth-order valence-corrected chi connectivity index (χ4v) is 5.49. The lowest BCUT2D eigenvalue weighted by atomic mass is 10.1. The molecule has 12 nitrogen and oxygen atoms in total. The monoisotopic (exact) mass is 480 g/mol. The summed E-state index contributed by atoms with van der Waals surface area (Å²) in [5.41, 5.74) is 1.19. The van der Waals surface area contributed by atoms with Crippen LogP contribution in [0.2, 0.25) is 0 Å². The molecule has 3 aromatic heterocycles. The highest BCUT2D eigenvalue weighted by molar-refractivity contribution is 7.92. The van der Waals surface area contributed by atoms with E-state index in [0.29, 0.717) is 23.9 Å². The Balaban J connectivity index is 1.51. The molecule has 2 N–H and O–H groups in total. The second kappa shape index (κ2) is 8.67. The number of rotatable bonds is 5. The fraction of sp³-hybridized carbons (Fsp3) is 0.238. The maximum absolute atomic E-state index is 13.1. The van der Waals surface area contributed by atoms with Crippen molar-refractivity contribution in [2.45, 2.75) is 19.4 Å². The van der Waals surface area contributed by atoms with Crippen LogP contribution in [0.5, 0.6) is 5.75 Å². The second-order valence-electron chi connectivity index (χ2n) is 7.69.